The van der Waals surface area contributed by atoms with Gasteiger partial charge in [-0.25, -0.2) is 18.6 Å². The van der Waals surface area contributed by atoms with Crippen molar-refractivity contribution >= 4 is 17.6 Å². The van der Waals surface area contributed by atoms with E-state index in [-0.39, 0.29) is 0 Å². The van der Waals surface area contributed by atoms with Crippen LogP contribution in [0.4, 0.5) is 22.0 Å². The molecule has 0 aliphatic rings. The topological polar surface area (TPSA) is 50.2 Å². The Morgan fingerprint density at radius 1 is 1.41 bits per heavy atom. The highest BCUT2D eigenvalue weighted by Crippen LogP contribution is 2.41. The largest absolute Gasteiger partial charge is 0.476 e. The molecule has 1 aromatic heterocycles. The van der Waals surface area contributed by atoms with Crippen molar-refractivity contribution in [2.75, 3.05) is 0 Å². The molecule has 0 aliphatic carbocycles. The lowest BCUT2D eigenvalue weighted by atomic mass is 10.1. The van der Waals surface area contributed by atoms with Gasteiger partial charge in [0.25, 0.3) is 6.43 Å². The Balaban J connectivity index is 3.67. The number of aromatic nitrogens is 1. The molecule has 1 N–H and O–H groups in total. The molecular formula is C8H3ClF5NO2. The van der Waals surface area contributed by atoms with Crippen LogP contribution in [0.25, 0.3) is 0 Å². The van der Waals surface area contributed by atoms with Gasteiger partial charge in [-0.1, -0.05) is 11.6 Å². The average molecular weight is 276 g/mol. The molecule has 0 saturated heterocycles. The van der Waals surface area contributed by atoms with Crippen LogP contribution in [0.15, 0.2) is 6.20 Å². The molecule has 94 valence electrons. The van der Waals surface area contributed by atoms with Crippen LogP contribution in [-0.2, 0) is 6.18 Å². The fourth-order valence-electron chi connectivity index (χ4n) is 1.17. The number of carbonyl (C=O) groups is 1. The lowest BCUT2D eigenvalue weighted by molar-refractivity contribution is -0.139. The van der Waals surface area contributed by atoms with Crippen molar-refractivity contribution in [3.8, 4) is 0 Å². The van der Waals surface area contributed by atoms with Gasteiger partial charge in [0.2, 0.25) is 0 Å². The van der Waals surface area contributed by atoms with Crippen LogP contribution in [0, 0.1) is 0 Å². The minimum absolute atomic E-state index is 0.375. The maximum absolute atomic E-state index is 12.5. The molecule has 17 heavy (non-hydrogen) atoms. The van der Waals surface area contributed by atoms with Crippen molar-refractivity contribution in [3.63, 3.8) is 0 Å². The molecule has 0 radical (unpaired) electrons. The number of hydrogen-bond donors (Lipinski definition) is 1. The normalized spacial score (nSPS) is 11.9. The van der Waals surface area contributed by atoms with E-state index in [9.17, 15) is 26.7 Å². The standard InChI is InChI=1S/C8H3ClF5NO2/c9-2-1-15-5(7(16)17)3(6(10)11)4(2)8(12,13)14/h1,6H,(H,16,17). The van der Waals surface area contributed by atoms with Gasteiger partial charge in [0.1, 0.15) is 0 Å². The molecule has 9 heteroatoms. The molecule has 0 fully saturated rings. The molecule has 0 amide bonds. The summed E-state index contributed by atoms with van der Waals surface area (Å²) in [6.07, 6.45) is -8.46. The summed E-state index contributed by atoms with van der Waals surface area (Å²) >= 11 is 5.13. The zero-order chi connectivity index (χ0) is 13.4. The van der Waals surface area contributed by atoms with E-state index in [4.69, 9.17) is 16.7 Å². The first kappa shape index (κ1) is 13.6. The number of carboxylic acid groups (broad SMARTS) is 1. The van der Waals surface area contributed by atoms with E-state index in [0.29, 0.717) is 6.20 Å². The molecule has 0 atom stereocenters. The minimum Gasteiger partial charge on any atom is -0.476 e. The minimum atomic E-state index is -5.18. The highest BCUT2D eigenvalue weighted by Gasteiger charge is 2.41. The average Bonchev–Trinajstić information content (AvgIpc) is 2.14. The van der Waals surface area contributed by atoms with Gasteiger partial charge in [-0.3, -0.25) is 0 Å². The van der Waals surface area contributed by atoms with Crippen molar-refractivity contribution < 1.29 is 31.9 Å². The fourth-order valence-corrected chi connectivity index (χ4v) is 1.43. The summed E-state index contributed by atoms with van der Waals surface area (Å²) in [5.41, 5.74) is -4.96. The van der Waals surface area contributed by atoms with Crippen molar-refractivity contribution in [1.29, 1.82) is 0 Å². The van der Waals surface area contributed by atoms with Crippen LogP contribution >= 0.6 is 11.6 Å². The van der Waals surface area contributed by atoms with Gasteiger partial charge in [-0.15, -0.1) is 0 Å². The molecule has 1 heterocycles. The first-order valence-electron chi connectivity index (χ1n) is 3.93. The van der Waals surface area contributed by atoms with Gasteiger partial charge in [0.05, 0.1) is 16.1 Å². The number of rotatable bonds is 2. The summed E-state index contributed by atoms with van der Waals surface area (Å²) in [6.45, 7) is 0. The molecule has 0 bridgehead atoms. The Labute approximate surface area is 95.8 Å². The molecule has 1 aromatic rings. The number of aromatic carboxylic acids is 1. The first-order chi connectivity index (χ1) is 7.66. The van der Waals surface area contributed by atoms with Crippen molar-refractivity contribution in [1.82, 2.24) is 4.98 Å². The zero-order valence-corrected chi connectivity index (χ0v) is 8.48. The summed E-state index contributed by atoms with van der Waals surface area (Å²) < 4.78 is 62.4. The molecule has 0 aliphatic heterocycles. The molecule has 1 rings (SSSR count). The molecule has 3 nitrogen and oxygen atoms in total. The third kappa shape index (κ3) is 2.63. The quantitative estimate of drug-likeness (QED) is 0.842. The van der Waals surface area contributed by atoms with Crippen molar-refractivity contribution in [2.24, 2.45) is 0 Å². The van der Waals surface area contributed by atoms with Gasteiger partial charge < -0.3 is 5.11 Å². The molecular weight excluding hydrogens is 273 g/mol. The second-order valence-corrected chi connectivity index (χ2v) is 3.25. The number of alkyl halides is 5. The van der Waals surface area contributed by atoms with E-state index in [1.807, 2.05) is 0 Å². The van der Waals surface area contributed by atoms with Gasteiger partial charge in [0.15, 0.2) is 5.69 Å². The first-order valence-corrected chi connectivity index (χ1v) is 4.31. The summed E-state index contributed by atoms with van der Waals surface area (Å²) in [4.78, 5) is 13.5. The van der Waals surface area contributed by atoms with Gasteiger partial charge >= 0.3 is 12.1 Å². The van der Waals surface area contributed by atoms with Crippen LogP contribution < -0.4 is 0 Å². The van der Waals surface area contributed by atoms with E-state index in [1.165, 1.54) is 0 Å². The Bertz CT molecular complexity index is 460. The SMILES string of the molecule is O=C(O)c1ncc(Cl)c(C(F)(F)F)c1C(F)F. The summed E-state index contributed by atoms with van der Waals surface area (Å²) in [5.74, 6) is -1.98. The number of halogens is 6. The van der Waals surface area contributed by atoms with E-state index in [0.717, 1.165) is 0 Å². The van der Waals surface area contributed by atoms with Gasteiger partial charge in [-0.2, -0.15) is 13.2 Å². The van der Waals surface area contributed by atoms with Crippen LogP contribution in [0.3, 0.4) is 0 Å². The van der Waals surface area contributed by atoms with Crippen LogP contribution in [0.1, 0.15) is 28.0 Å². The Hall–Kier alpha value is -1.44. The summed E-state index contributed by atoms with van der Waals surface area (Å²) in [6, 6.07) is 0. The molecule has 0 saturated carbocycles. The zero-order valence-electron chi connectivity index (χ0n) is 7.73. The van der Waals surface area contributed by atoms with E-state index in [1.54, 1.807) is 0 Å². The summed E-state index contributed by atoms with van der Waals surface area (Å²) in [5, 5.41) is 7.42. The lowest BCUT2D eigenvalue weighted by Gasteiger charge is -2.15. The van der Waals surface area contributed by atoms with E-state index >= 15 is 0 Å². The molecule has 0 unspecified atom stereocenters. The van der Waals surface area contributed by atoms with Crippen LogP contribution in [0.5, 0.6) is 0 Å². The molecule has 0 spiro atoms. The Morgan fingerprint density at radius 3 is 2.29 bits per heavy atom. The third-order valence-corrected chi connectivity index (χ3v) is 2.06. The van der Waals surface area contributed by atoms with E-state index < -0.39 is 40.4 Å². The third-order valence-electron chi connectivity index (χ3n) is 1.77. The maximum Gasteiger partial charge on any atom is 0.418 e. The smallest absolute Gasteiger partial charge is 0.418 e. The van der Waals surface area contributed by atoms with Gasteiger partial charge in [0, 0.05) is 6.20 Å². The second kappa shape index (κ2) is 4.44. The predicted octanol–water partition coefficient (Wildman–Crippen LogP) is 3.39. The Kier molecular flexibility index (Phi) is 3.56. The monoisotopic (exact) mass is 275 g/mol. The van der Waals surface area contributed by atoms with Gasteiger partial charge in [-0.05, 0) is 0 Å². The van der Waals surface area contributed by atoms with Crippen LogP contribution in [0.2, 0.25) is 5.02 Å². The number of pyridine rings is 1. The van der Waals surface area contributed by atoms with E-state index in [2.05, 4.69) is 4.98 Å². The fraction of sp³-hybridized carbons (Fsp3) is 0.250. The highest BCUT2D eigenvalue weighted by atomic mass is 35.5. The molecule has 0 aromatic carbocycles. The number of hydrogen-bond acceptors (Lipinski definition) is 2. The number of nitrogens with zero attached hydrogens (tertiary/aromatic N) is 1. The van der Waals surface area contributed by atoms with Crippen molar-refractivity contribution in [3.05, 3.63) is 28.0 Å². The Morgan fingerprint density at radius 2 is 1.94 bits per heavy atom. The number of carboxylic acids is 1. The van der Waals surface area contributed by atoms with Crippen LogP contribution in [-0.4, -0.2) is 16.1 Å². The maximum atomic E-state index is 12.5. The highest BCUT2D eigenvalue weighted by molar-refractivity contribution is 6.31. The predicted molar refractivity (Wildman–Crippen MR) is 46.2 cm³/mol. The lowest BCUT2D eigenvalue weighted by Crippen LogP contribution is -2.16. The summed E-state index contributed by atoms with van der Waals surface area (Å²) in [7, 11) is 0. The van der Waals surface area contributed by atoms with Crippen molar-refractivity contribution in [2.45, 2.75) is 12.6 Å². The second-order valence-electron chi connectivity index (χ2n) is 2.85.